The minimum atomic E-state index is -0.199. The summed E-state index contributed by atoms with van der Waals surface area (Å²) in [7, 11) is 0. The molecular weight excluding hydrogens is 835 g/mol. The Morgan fingerprint density at radius 1 is 0.290 bits per heavy atom. The highest BCUT2D eigenvalue weighted by molar-refractivity contribution is 6.13. The zero-order chi connectivity index (χ0) is 46.2. The Kier molecular flexibility index (Phi) is 8.38. The Balaban J connectivity index is 0.874. The number of aromatic nitrogens is 2. The summed E-state index contributed by atoms with van der Waals surface area (Å²) in [6.07, 6.45) is 0. The number of nitrogens with zero attached hydrogens (tertiary/aromatic N) is 3. The molecule has 0 amide bonds. The van der Waals surface area contributed by atoms with Gasteiger partial charge in [0.05, 0.1) is 22.1 Å². The summed E-state index contributed by atoms with van der Waals surface area (Å²) in [5.41, 5.74) is 23.6. The van der Waals surface area contributed by atoms with Gasteiger partial charge in [-0.15, -0.1) is 0 Å². The van der Waals surface area contributed by atoms with Gasteiger partial charge in [0.2, 0.25) is 0 Å². The third-order valence-electron chi connectivity index (χ3n) is 15.7. The number of hydrogen-bond acceptors (Lipinski definition) is 1. The molecule has 0 radical (unpaired) electrons. The van der Waals surface area contributed by atoms with Crippen LogP contribution in [0.1, 0.15) is 49.9 Å². The number of fused-ring (bicyclic) bond motifs is 12. The van der Waals surface area contributed by atoms with Gasteiger partial charge in [-0.25, -0.2) is 0 Å². The Hall–Kier alpha value is -8.40. The monoisotopic (exact) mass is 883 g/mol. The second-order valence-corrected chi connectivity index (χ2v) is 20.2. The molecule has 0 unspecified atom stereocenters. The van der Waals surface area contributed by atoms with Crippen LogP contribution in [0.5, 0.6) is 0 Å². The number of hydrogen-bond donors (Lipinski definition) is 0. The van der Waals surface area contributed by atoms with E-state index in [1.165, 1.54) is 111 Å². The van der Waals surface area contributed by atoms with Crippen LogP contribution in [-0.2, 0) is 10.8 Å². The maximum atomic E-state index is 2.52. The van der Waals surface area contributed by atoms with Gasteiger partial charge in [0, 0.05) is 60.8 Å². The van der Waals surface area contributed by atoms with E-state index in [1.807, 2.05) is 0 Å². The van der Waals surface area contributed by atoms with Crippen molar-refractivity contribution in [3.8, 4) is 44.8 Å². The summed E-state index contributed by atoms with van der Waals surface area (Å²) in [6.45, 7) is 9.63. The third-order valence-corrected chi connectivity index (χ3v) is 15.7. The predicted octanol–water partition coefficient (Wildman–Crippen LogP) is 17.6. The van der Waals surface area contributed by atoms with Crippen molar-refractivity contribution in [3.05, 3.63) is 247 Å². The molecule has 3 nitrogen and oxygen atoms in total. The van der Waals surface area contributed by atoms with Gasteiger partial charge in [0.15, 0.2) is 0 Å². The highest BCUT2D eigenvalue weighted by Gasteiger charge is 2.39. The van der Waals surface area contributed by atoms with Crippen LogP contribution in [-0.4, -0.2) is 9.13 Å². The van der Waals surface area contributed by atoms with Crippen LogP contribution in [0.2, 0.25) is 0 Å². The van der Waals surface area contributed by atoms with Crippen molar-refractivity contribution in [1.29, 1.82) is 0 Å². The molecule has 10 aromatic carbocycles. The topological polar surface area (TPSA) is 13.1 Å². The molecule has 14 rings (SSSR count). The Labute approximate surface area is 402 Å². The first-order chi connectivity index (χ1) is 33.7. The first kappa shape index (κ1) is 39.7. The quantitative estimate of drug-likeness (QED) is 0.162. The number of benzene rings is 10. The van der Waals surface area contributed by atoms with Gasteiger partial charge in [-0.1, -0.05) is 149 Å². The van der Waals surface area contributed by atoms with Crippen molar-refractivity contribution in [2.24, 2.45) is 0 Å². The first-order valence-corrected chi connectivity index (χ1v) is 24.3. The maximum absolute atomic E-state index is 2.52. The lowest BCUT2D eigenvalue weighted by molar-refractivity contribution is 0.660. The maximum Gasteiger partial charge on any atom is 0.0547 e. The molecule has 0 spiro atoms. The number of anilines is 3. The van der Waals surface area contributed by atoms with Crippen LogP contribution < -0.4 is 4.90 Å². The fraction of sp³-hybridized carbons (Fsp3) is 0.0909. The molecule has 2 aliphatic rings. The Bertz CT molecular complexity index is 4000. The number of rotatable bonds is 6. The standard InChI is InChI=1S/C66H49N3/c1-65(2)57-36-43(42-28-31-47(32-29-42)67(44-18-8-5-9-19-44)45-20-10-6-11-21-45)30-34-49(57)53-41-64-56(39-59(53)65)52-25-15-17-27-62(52)69(64)48-33-35-50-54-40-63-55(38-60(54)66(3,4)58(50)37-48)51-24-14-16-26-61(51)68(63)46-22-12-7-13-23-46/h5-41H,1-4H3. The second-order valence-electron chi connectivity index (χ2n) is 20.2. The minimum Gasteiger partial charge on any atom is -0.311 e. The van der Waals surface area contributed by atoms with Crippen LogP contribution >= 0.6 is 0 Å². The summed E-state index contributed by atoms with van der Waals surface area (Å²) in [6, 6.07) is 83.2. The van der Waals surface area contributed by atoms with E-state index in [0.29, 0.717) is 0 Å². The fourth-order valence-electron chi connectivity index (χ4n) is 12.2. The molecule has 0 bridgehead atoms. The van der Waals surface area contributed by atoms with E-state index in [1.54, 1.807) is 0 Å². The fourth-order valence-corrected chi connectivity index (χ4v) is 12.2. The molecule has 2 aromatic heterocycles. The Morgan fingerprint density at radius 3 is 1.26 bits per heavy atom. The van der Waals surface area contributed by atoms with E-state index in [-0.39, 0.29) is 10.8 Å². The lowest BCUT2D eigenvalue weighted by Crippen LogP contribution is -2.15. The highest BCUT2D eigenvalue weighted by Crippen LogP contribution is 2.54. The van der Waals surface area contributed by atoms with E-state index in [0.717, 1.165) is 17.1 Å². The van der Waals surface area contributed by atoms with Crippen LogP contribution in [0.25, 0.3) is 88.4 Å². The second kappa shape index (κ2) is 14.6. The predicted molar refractivity (Wildman–Crippen MR) is 290 cm³/mol. The zero-order valence-corrected chi connectivity index (χ0v) is 39.2. The molecule has 12 aromatic rings. The van der Waals surface area contributed by atoms with Crippen LogP contribution in [0.4, 0.5) is 17.1 Å². The van der Waals surface area contributed by atoms with Gasteiger partial charge in [-0.05, 0) is 159 Å². The molecular formula is C66H49N3. The van der Waals surface area contributed by atoms with Gasteiger partial charge in [-0.2, -0.15) is 0 Å². The van der Waals surface area contributed by atoms with Gasteiger partial charge in [0.1, 0.15) is 0 Å². The lowest BCUT2D eigenvalue weighted by atomic mass is 9.81. The molecule has 2 heterocycles. The molecule has 0 atom stereocenters. The van der Waals surface area contributed by atoms with E-state index in [9.17, 15) is 0 Å². The van der Waals surface area contributed by atoms with Crippen molar-refractivity contribution in [3.63, 3.8) is 0 Å². The molecule has 0 fully saturated rings. The summed E-state index contributed by atoms with van der Waals surface area (Å²) < 4.78 is 4.96. The molecule has 328 valence electrons. The van der Waals surface area contributed by atoms with Crippen LogP contribution in [0, 0.1) is 0 Å². The van der Waals surface area contributed by atoms with Gasteiger partial charge in [-0.3, -0.25) is 0 Å². The summed E-state index contributed by atoms with van der Waals surface area (Å²) in [5.74, 6) is 0. The first-order valence-electron chi connectivity index (χ1n) is 24.3. The van der Waals surface area contributed by atoms with Crippen LogP contribution in [0.3, 0.4) is 0 Å². The van der Waals surface area contributed by atoms with Crippen molar-refractivity contribution >= 4 is 60.7 Å². The molecule has 0 aliphatic heterocycles. The van der Waals surface area contributed by atoms with Crippen LogP contribution in [0.15, 0.2) is 224 Å². The van der Waals surface area contributed by atoms with Crippen molar-refractivity contribution in [2.75, 3.05) is 4.90 Å². The average Bonchev–Trinajstić information content (AvgIpc) is 4.04. The molecule has 0 saturated heterocycles. The van der Waals surface area contributed by atoms with E-state index >= 15 is 0 Å². The Morgan fingerprint density at radius 2 is 0.710 bits per heavy atom. The smallest absolute Gasteiger partial charge is 0.0547 e. The average molecular weight is 884 g/mol. The lowest BCUT2D eigenvalue weighted by Gasteiger charge is -2.25. The molecule has 3 heteroatoms. The normalized spacial score (nSPS) is 14.0. The minimum absolute atomic E-state index is 0.185. The summed E-state index contributed by atoms with van der Waals surface area (Å²) in [5, 5.41) is 5.16. The molecule has 0 N–H and O–H groups in total. The zero-order valence-electron chi connectivity index (χ0n) is 39.2. The number of para-hydroxylation sites is 5. The van der Waals surface area contributed by atoms with E-state index in [4.69, 9.17) is 0 Å². The summed E-state index contributed by atoms with van der Waals surface area (Å²) in [4.78, 5) is 2.32. The SMILES string of the molecule is CC1(C)c2cc(-c3ccc(N(c4ccccc4)c4ccccc4)cc3)ccc2-c2cc3c(cc21)c1ccccc1n3-c1ccc2c(c1)C(C)(C)c1cc3c4ccccc4n(-c4ccccc4)c3cc1-2. The van der Waals surface area contributed by atoms with E-state index in [2.05, 4.69) is 266 Å². The summed E-state index contributed by atoms with van der Waals surface area (Å²) >= 11 is 0. The molecule has 69 heavy (non-hydrogen) atoms. The highest BCUT2D eigenvalue weighted by atomic mass is 15.1. The van der Waals surface area contributed by atoms with Crippen molar-refractivity contribution in [1.82, 2.24) is 9.13 Å². The van der Waals surface area contributed by atoms with Gasteiger partial charge >= 0.3 is 0 Å². The van der Waals surface area contributed by atoms with Crippen molar-refractivity contribution in [2.45, 2.75) is 38.5 Å². The van der Waals surface area contributed by atoms with Crippen molar-refractivity contribution < 1.29 is 0 Å². The largest absolute Gasteiger partial charge is 0.311 e. The molecule has 2 aliphatic carbocycles. The van der Waals surface area contributed by atoms with Gasteiger partial charge < -0.3 is 14.0 Å². The third kappa shape index (κ3) is 5.74. The van der Waals surface area contributed by atoms with Gasteiger partial charge in [0.25, 0.3) is 0 Å². The molecule has 0 saturated carbocycles. The van der Waals surface area contributed by atoms with E-state index < -0.39 is 0 Å².